The Kier molecular flexibility index (Phi) is 8.10. The maximum absolute atomic E-state index is 7.72. The number of nitrogens with zero attached hydrogens (tertiary/aromatic N) is 2. The second-order valence-electron chi connectivity index (χ2n) is 3.19. The highest BCUT2D eigenvalue weighted by atomic mass is 35.6. The highest BCUT2D eigenvalue weighted by molar-refractivity contribution is 6.92. The van der Waals surface area contributed by atoms with E-state index in [2.05, 4.69) is 24.9 Å². The minimum absolute atomic E-state index is 0.811. The third-order valence-corrected chi connectivity index (χ3v) is 3.89. The van der Waals surface area contributed by atoms with Gasteiger partial charge < -0.3 is 3.88 Å². The fourth-order valence-electron chi connectivity index (χ4n) is 1.38. The lowest BCUT2D eigenvalue weighted by atomic mass is 10.2. The highest BCUT2D eigenvalue weighted by Crippen LogP contribution is 2.09. The molecule has 0 bridgehead atoms. The quantitative estimate of drug-likeness (QED) is 0.497. The minimum Gasteiger partial charge on any atom is -0.457 e. The fourth-order valence-corrected chi connectivity index (χ4v) is 2.69. The van der Waals surface area contributed by atoms with Crippen molar-refractivity contribution in [3.8, 4) is 0 Å². The van der Waals surface area contributed by atoms with E-state index in [9.17, 15) is 0 Å². The van der Waals surface area contributed by atoms with Crippen LogP contribution in [0.25, 0.3) is 0 Å². The van der Waals surface area contributed by atoms with Crippen molar-refractivity contribution in [2.24, 2.45) is 4.99 Å². The van der Waals surface area contributed by atoms with Crippen molar-refractivity contribution in [2.75, 3.05) is 13.1 Å². The van der Waals surface area contributed by atoms with E-state index in [0.29, 0.717) is 0 Å². The summed E-state index contributed by atoms with van der Waals surface area (Å²) in [6, 6.07) is 0. The van der Waals surface area contributed by atoms with Gasteiger partial charge in [-0.2, -0.15) is 0 Å². The van der Waals surface area contributed by atoms with Crippen LogP contribution in [0.15, 0.2) is 16.8 Å². The Balaban J connectivity index is 4.93. The van der Waals surface area contributed by atoms with Crippen molar-refractivity contribution in [1.29, 1.82) is 0.939 Å². The number of halogens is 1. The van der Waals surface area contributed by atoms with Crippen molar-refractivity contribution in [3.05, 3.63) is 11.8 Å². The summed E-state index contributed by atoms with van der Waals surface area (Å²) < 4.78 is 9.74. The lowest BCUT2D eigenvalue weighted by Gasteiger charge is -2.23. The Morgan fingerprint density at radius 2 is 2.07 bits per heavy atom. The van der Waals surface area contributed by atoms with Gasteiger partial charge in [0.15, 0.2) is 0 Å². The van der Waals surface area contributed by atoms with Gasteiger partial charge in [0.05, 0.1) is 0 Å². The molecule has 0 radical (unpaired) electrons. The van der Waals surface area contributed by atoms with Gasteiger partial charge in [0.1, 0.15) is 0 Å². The summed E-state index contributed by atoms with van der Waals surface area (Å²) in [4.78, 5) is 4.43. The number of allylic oxidation sites excluding steroid dienone is 2. The van der Waals surface area contributed by atoms with Crippen LogP contribution in [0.2, 0.25) is 0 Å². The molecule has 15 heavy (non-hydrogen) atoms. The van der Waals surface area contributed by atoms with Crippen LogP contribution in [0.5, 0.6) is 0 Å². The van der Waals surface area contributed by atoms with E-state index in [1.54, 1.807) is 0 Å². The van der Waals surface area contributed by atoms with Crippen LogP contribution in [-0.2, 0) is 0 Å². The summed E-state index contributed by atoms with van der Waals surface area (Å²) in [6.07, 6.45) is 3.94. The van der Waals surface area contributed by atoms with Crippen LogP contribution in [0.3, 0.4) is 0 Å². The molecule has 0 saturated carbocycles. The zero-order valence-corrected chi connectivity index (χ0v) is 12.2. The van der Waals surface area contributed by atoms with Gasteiger partial charge in [0.2, 0.25) is 0 Å². The first-order valence-electron chi connectivity index (χ1n) is 6.25. The first kappa shape index (κ1) is 13.1. The predicted molar refractivity (Wildman–Crippen MR) is 72.0 cm³/mol. The molecular weight excluding hydrogens is 223 g/mol. The van der Waals surface area contributed by atoms with E-state index in [4.69, 9.17) is 11.0 Å². The maximum atomic E-state index is 7.72. The number of hydrogen-bond donors (Lipinski definition) is 0. The van der Waals surface area contributed by atoms with E-state index in [1.165, 1.54) is 0 Å². The largest absolute Gasteiger partial charge is 0.519 e. The number of rotatable bonds is 7. The molecule has 0 aromatic rings. The monoisotopic (exact) mass is 245 g/mol. The van der Waals surface area contributed by atoms with Gasteiger partial charge in [0, 0.05) is 12.3 Å². The molecule has 0 atom stereocenters. The van der Waals surface area contributed by atoms with Crippen LogP contribution in [0.1, 0.15) is 40.5 Å². The zero-order chi connectivity index (χ0) is 12.6. The lowest BCUT2D eigenvalue weighted by Crippen LogP contribution is -2.24. The van der Waals surface area contributed by atoms with Crippen molar-refractivity contribution in [3.63, 3.8) is 0 Å². The molecule has 0 heterocycles. The molecular formula is C11H22AlClN2. The Morgan fingerprint density at radius 3 is 2.40 bits per heavy atom. The molecule has 2 nitrogen and oxygen atoms in total. The predicted octanol–water partition coefficient (Wildman–Crippen LogP) is 2.98. The molecule has 0 aliphatic heterocycles. The second kappa shape index (κ2) is 9.27. The van der Waals surface area contributed by atoms with Gasteiger partial charge in [-0.25, -0.2) is 10.0 Å². The molecule has 0 aliphatic rings. The smallest absolute Gasteiger partial charge is 0.457 e. The van der Waals surface area contributed by atoms with Crippen molar-refractivity contribution in [2.45, 2.75) is 40.5 Å². The molecule has 0 aromatic carbocycles. The van der Waals surface area contributed by atoms with Gasteiger partial charge >= 0.3 is 14.4 Å². The lowest BCUT2D eigenvalue weighted by molar-refractivity contribution is 0.560. The van der Waals surface area contributed by atoms with Crippen LogP contribution >= 0.6 is 10.0 Å². The second-order valence-corrected chi connectivity index (χ2v) is 4.60. The van der Waals surface area contributed by atoms with E-state index in [1.807, 2.05) is 17.7 Å². The van der Waals surface area contributed by atoms with Crippen LogP contribution in [-0.4, -0.2) is 38.0 Å². The summed E-state index contributed by atoms with van der Waals surface area (Å²) >= 11 is -2.02. The molecule has 0 amide bonds. The van der Waals surface area contributed by atoms with Gasteiger partial charge in [-0.1, -0.05) is 13.8 Å². The summed E-state index contributed by atoms with van der Waals surface area (Å²) in [7, 11) is 5.97. The summed E-state index contributed by atoms with van der Waals surface area (Å²) in [5.74, 6) is 0. The normalized spacial score (nSPS) is 13.8. The molecule has 0 rings (SSSR count). The standard InChI is InChI=1S/C11H21N2.Al.ClH.H/c1-5-10(12-7-3)9-11(6-2)13-8-4;;;/h9H,5-8H2,1-4H3;;1H;/q-1;+2;;/p-1/b10-9-,13-11?;;;/i;;;1+1. The molecule has 0 fully saturated rings. The Labute approximate surface area is 105 Å². The van der Waals surface area contributed by atoms with Gasteiger partial charge in [-0.05, 0) is 45.9 Å². The molecule has 0 saturated heterocycles. The fraction of sp³-hybridized carbons (Fsp3) is 0.727. The van der Waals surface area contributed by atoms with Crippen LogP contribution < -0.4 is 0 Å². The van der Waals surface area contributed by atoms with Crippen molar-refractivity contribution < 1.29 is 0 Å². The zero-order valence-electron chi connectivity index (χ0n) is 11.3. The van der Waals surface area contributed by atoms with Crippen LogP contribution in [0.4, 0.5) is 0 Å². The first-order chi connectivity index (χ1) is 7.60. The highest BCUT2D eigenvalue weighted by Gasteiger charge is 2.07. The summed E-state index contributed by atoms with van der Waals surface area (Å²) in [5, 5.41) is 0. The van der Waals surface area contributed by atoms with Gasteiger partial charge in [0.25, 0.3) is 0 Å². The van der Waals surface area contributed by atoms with Gasteiger partial charge in [-0.3, -0.25) is 4.99 Å². The topological polar surface area (TPSA) is 15.6 Å². The SMILES string of the molecule is [2H][Al]([Cl])[N](CC)/C(=C\C(CC)=NCC)CC. The Hall–Kier alpha value is 0.0325. The third-order valence-electron chi connectivity index (χ3n) is 2.25. The molecule has 0 aromatic heterocycles. The molecule has 86 valence electrons. The number of hydrogen-bond acceptors (Lipinski definition) is 2. The number of aliphatic imine (C=N–C) groups is 1. The van der Waals surface area contributed by atoms with E-state index in [-0.39, 0.29) is 0 Å². The molecule has 0 aliphatic carbocycles. The van der Waals surface area contributed by atoms with Crippen molar-refractivity contribution in [1.82, 2.24) is 3.88 Å². The van der Waals surface area contributed by atoms with E-state index >= 15 is 0 Å². The van der Waals surface area contributed by atoms with Crippen molar-refractivity contribution >= 4 is 30.1 Å². The first-order valence-corrected chi connectivity index (χ1v) is 7.93. The summed E-state index contributed by atoms with van der Waals surface area (Å²) in [6.45, 7) is 9.91. The third kappa shape index (κ3) is 5.61. The molecule has 0 unspecified atom stereocenters. The van der Waals surface area contributed by atoms with Gasteiger partial charge in [-0.15, -0.1) is 0 Å². The Morgan fingerprint density at radius 1 is 1.40 bits per heavy atom. The van der Waals surface area contributed by atoms with E-state index < -0.39 is 14.4 Å². The summed E-state index contributed by atoms with van der Waals surface area (Å²) in [5.41, 5.74) is 2.25. The molecule has 4 heteroatoms. The van der Waals surface area contributed by atoms with Crippen LogP contribution in [0, 0.1) is 0 Å². The minimum atomic E-state index is -2.02. The Bertz CT molecular complexity index is 254. The maximum Gasteiger partial charge on any atom is 0.519 e. The molecule has 0 spiro atoms. The molecule has 0 N–H and O–H groups in total. The average molecular weight is 246 g/mol. The van der Waals surface area contributed by atoms with E-state index in [0.717, 1.165) is 37.3 Å². The average Bonchev–Trinajstić information content (AvgIpc) is 2.26.